The summed E-state index contributed by atoms with van der Waals surface area (Å²) in [6.45, 7) is 5.40. The van der Waals surface area contributed by atoms with E-state index in [0.717, 1.165) is 12.8 Å². The molecule has 0 aromatic carbocycles. The minimum absolute atomic E-state index is 0.121. The molecule has 43 heavy (non-hydrogen) atoms. The highest BCUT2D eigenvalue weighted by molar-refractivity contribution is 7.88. The standard InChI is InChI=1S/C29H42N6O7S/c1-28(2,3)42-27(39)32-22-14-8-6-4-5-7-12-20-18-29(20,33-24(36)23-15-11-17-35(23)25(22)37)26(38)34-43(40,41)31-19-21-13-9-10-16-30-21/h7,9-10,12-13,16,20,22-23,31H,4-6,8,11,14-15,17-19H2,1-3H3,(H,32,39)(H,33,36)(H,34,38)/t20-,22+,23+,29-/m1/s1. The van der Waals surface area contributed by atoms with Gasteiger partial charge in [0.2, 0.25) is 11.8 Å². The van der Waals surface area contributed by atoms with Gasteiger partial charge in [0.15, 0.2) is 0 Å². The fourth-order valence-electron chi connectivity index (χ4n) is 5.46. The Morgan fingerprint density at radius 2 is 1.93 bits per heavy atom. The van der Waals surface area contributed by atoms with Crippen LogP contribution in [0.2, 0.25) is 0 Å². The molecule has 1 saturated heterocycles. The molecule has 4 atom stereocenters. The molecule has 4 N–H and O–H groups in total. The molecule has 0 unspecified atom stereocenters. The third-order valence-electron chi connectivity index (χ3n) is 7.72. The number of rotatable bonds is 6. The van der Waals surface area contributed by atoms with Crippen LogP contribution in [0.25, 0.3) is 0 Å². The Labute approximate surface area is 252 Å². The van der Waals surface area contributed by atoms with Crippen LogP contribution in [-0.2, 0) is 35.9 Å². The van der Waals surface area contributed by atoms with Crippen molar-refractivity contribution in [2.24, 2.45) is 5.92 Å². The van der Waals surface area contributed by atoms with Gasteiger partial charge in [0.05, 0.1) is 12.2 Å². The summed E-state index contributed by atoms with van der Waals surface area (Å²) in [5.41, 5.74) is -1.75. The van der Waals surface area contributed by atoms with E-state index in [-0.39, 0.29) is 18.9 Å². The van der Waals surface area contributed by atoms with Crippen LogP contribution in [-0.4, -0.2) is 71.9 Å². The van der Waals surface area contributed by atoms with E-state index in [2.05, 4.69) is 25.1 Å². The third kappa shape index (κ3) is 8.75. The number of carbonyl (C=O) groups excluding carboxylic acids is 4. The van der Waals surface area contributed by atoms with Gasteiger partial charge in [-0.25, -0.2) is 9.52 Å². The zero-order chi connectivity index (χ0) is 31.3. The Morgan fingerprint density at radius 1 is 1.14 bits per heavy atom. The smallest absolute Gasteiger partial charge is 0.408 e. The van der Waals surface area contributed by atoms with Gasteiger partial charge in [-0.3, -0.25) is 19.4 Å². The molecule has 2 aliphatic heterocycles. The Kier molecular flexibility index (Phi) is 10.1. The van der Waals surface area contributed by atoms with Crippen molar-refractivity contribution in [1.82, 2.24) is 30.0 Å². The van der Waals surface area contributed by atoms with E-state index in [0.29, 0.717) is 44.3 Å². The van der Waals surface area contributed by atoms with E-state index < -0.39 is 57.3 Å². The van der Waals surface area contributed by atoms with Crippen molar-refractivity contribution in [3.63, 3.8) is 0 Å². The van der Waals surface area contributed by atoms with Crippen LogP contribution in [0.1, 0.15) is 77.8 Å². The molecule has 3 aliphatic rings. The van der Waals surface area contributed by atoms with E-state index in [1.165, 1.54) is 11.1 Å². The van der Waals surface area contributed by atoms with Gasteiger partial charge in [0, 0.05) is 18.7 Å². The SMILES string of the molecule is CC(C)(C)OC(=O)N[C@H]1CCCCCC=C[C@@H]2C[C@@]2(C(=O)NS(=O)(=O)NCc2ccccn2)NC(=O)[C@@H]2CCCN2C1=O. The van der Waals surface area contributed by atoms with E-state index in [9.17, 15) is 27.6 Å². The maximum Gasteiger partial charge on any atom is 0.408 e. The van der Waals surface area contributed by atoms with E-state index >= 15 is 0 Å². The Balaban J connectivity index is 1.50. The Morgan fingerprint density at radius 3 is 2.65 bits per heavy atom. The Bertz CT molecular complexity index is 1330. The predicted molar refractivity (Wildman–Crippen MR) is 157 cm³/mol. The van der Waals surface area contributed by atoms with Crippen LogP contribution < -0.4 is 20.1 Å². The first-order chi connectivity index (χ1) is 20.3. The molecule has 14 heteroatoms. The quantitative estimate of drug-likeness (QED) is 0.349. The van der Waals surface area contributed by atoms with Gasteiger partial charge in [-0.1, -0.05) is 31.1 Å². The predicted octanol–water partition coefficient (Wildman–Crippen LogP) is 1.81. The van der Waals surface area contributed by atoms with Gasteiger partial charge in [0.1, 0.15) is 23.2 Å². The molecule has 2 fully saturated rings. The number of nitrogens with one attached hydrogen (secondary N) is 4. The molecule has 1 aromatic heterocycles. The molecule has 236 valence electrons. The van der Waals surface area contributed by atoms with Crippen molar-refractivity contribution in [1.29, 1.82) is 0 Å². The van der Waals surface area contributed by atoms with Crippen LogP contribution in [0.4, 0.5) is 4.79 Å². The maximum atomic E-state index is 13.7. The number of alkyl carbamates (subject to hydrolysis) is 1. The molecule has 3 heterocycles. The molecule has 0 spiro atoms. The second-order valence-electron chi connectivity index (χ2n) is 12.3. The lowest BCUT2D eigenvalue weighted by Crippen LogP contribution is -2.59. The van der Waals surface area contributed by atoms with E-state index in [1.807, 2.05) is 12.2 Å². The minimum atomic E-state index is -4.26. The van der Waals surface area contributed by atoms with Crippen molar-refractivity contribution in [2.75, 3.05) is 6.54 Å². The number of hydrogen-bond acceptors (Lipinski definition) is 8. The van der Waals surface area contributed by atoms with Crippen LogP contribution in [0.3, 0.4) is 0 Å². The lowest BCUT2D eigenvalue weighted by molar-refractivity contribution is -0.141. The maximum absolute atomic E-state index is 13.7. The first kappa shape index (κ1) is 32.4. The van der Waals surface area contributed by atoms with E-state index in [1.54, 1.807) is 39.0 Å². The number of carbonyl (C=O) groups is 4. The number of nitrogens with zero attached hydrogens (tertiary/aromatic N) is 2. The number of pyridine rings is 1. The van der Waals surface area contributed by atoms with Crippen molar-refractivity contribution in [3.05, 3.63) is 42.2 Å². The number of aromatic nitrogens is 1. The first-order valence-electron chi connectivity index (χ1n) is 14.8. The molecule has 0 radical (unpaired) electrons. The summed E-state index contributed by atoms with van der Waals surface area (Å²) in [7, 11) is -4.26. The first-order valence-corrected chi connectivity index (χ1v) is 16.3. The van der Waals surface area contributed by atoms with Crippen LogP contribution in [0.15, 0.2) is 36.5 Å². The largest absolute Gasteiger partial charge is 0.444 e. The normalized spacial score (nSPS) is 26.7. The third-order valence-corrected chi connectivity index (χ3v) is 8.70. The van der Waals surface area contributed by atoms with Crippen LogP contribution in [0, 0.1) is 5.92 Å². The number of fused-ring (bicyclic) bond motifs is 2. The minimum Gasteiger partial charge on any atom is -0.444 e. The average molecular weight is 619 g/mol. The summed E-state index contributed by atoms with van der Waals surface area (Å²) in [4.78, 5) is 58.8. The summed E-state index contributed by atoms with van der Waals surface area (Å²) < 4.78 is 35.2. The zero-order valence-corrected chi connectivity index (χ0v) is 25.7. The highest BCUT2D eigenvalue weighted by Crippen LogP contribution is 2.45. The summed E-state index contributed by atoms with van der Waals surface area (Å²) in [5, 5.41) is 5.50. The summed E-state index contributed by atoms with van der Waals surface area (Å²) in [6.07, 6.45) is 9.18. The fourth-order valence-corrected chi connectivity index (χ4v) is 6.30. The van der Waals surface area contributed by atoms with Gasteiger partial charge in [0.25, 0.3) is 5.91 Å². The second-order valence-corrected chi connectivity index (χ2v) is 13.8. The van der Waals surface area contributed by atoms with Crippen molar-refractivity contribution >= 4 is 34.0 Å². The monoisotopic (exact) mass is 618 g/mol. The number of ether oxygens (including phenoxy) is 1. The Hall–Kier alpha value is -3.52. The number of amides is 4. The fraction of sp³-hybridized carbons (Fsp3) is 0.621. The van der Waals surface area contributed by atoms with Gasteiger partial charge < -0.3 is 20.3 Å². The molecular formula is C29H42N6O7S. The molecular weight excluding hydrogens is 576 g/mol. The van der Waals surface area contributed by atoms with Gasteiger partial charge in [-0.15, -0.1) is 0 Å². The molecule has 1 saturated carbocycles. The number of hydrogen-bond donors (Lipinski definition) is 4. The van der Waals surface area contributed by atoms with Gasteiger partial charge >= 0.3 is 16.3 Å². The van der Waals surface area contributed by atoms with Crippen molar-refractivity contribution < 1.29 is 32.3 Å². The zero-order valence-electron chi connectivity index (χ0n) is 24.9. The molecule has 13 nitrogen and oxygen atoms in total. The molecule has 1 aromatic rings. The molecule has 4 rings (SSSR count). The van der Waals surface area contributed by atoms with Gasteiger partial charge in [-0.05, 0) is 71.4 Å². The highest BCUT2D eigenvalue weighted by atomic mass is 32.2. The lowest BCUT2D eigenvalue weighted by Gasteiger charge is -2.30. The summed E-state index contributed by atoms with van der Waals surface area (Å²) >= 11 is 0. The molecule has 1 aliphatic carbocycles. The topological polar surface area (TPSA) is 176 Å². The lowest BCUT2D eigenvalue weighted by atomic mass is 10.0. The number of allylic oxidation sites excluding steroid dienone is 1. The molecule has 0 bridgehead atoms. The average Bonchev–Trinajstić information content (AvgIpc) is 3.39. The van der Waals surface area contributed by atoms with Crippen molar-refractivity contribution in [2.45, 2.75) is 102 Å². The molecule has 4 amide bonds. The second kappa shape index (κ2) is 13.4. The van der Waals surface area contributed by atoms with E-state index in [4.69, 9.17) is 4.74 Å². The van der Waals surface area contributed by atoms with Crippen LogP contribution in [0.5, 0.6) is 0 Å². The van der Waals surface area contributed by atoms with Crippen molar-refractivity contribution in [3.8, 4) is 0 Å². The highest BCUT2D eigenvalue weighted by Gasteiger charge is 2.61. The summed E-state index contributed by atoms with van der Waals surface area (Å²) in [5.74, 6) is -2.18. The van der Waals surface area contributed by atoms with Gasteiger partial charge in [-0.2, -0.15) is 13.1 Å². The summed E-state index contributed by atoms with van der Waals surface area (Å²) in [6, 6.07) is 3.33. The van der Waals surface area contributed by atoms with Crippen LogP contribution >= 0.6 is 0 Å².